The first-order valence-corrected chi connectivity index (χ1v) is 8.67. The van der Waals surface area contributed by atoms with Crippen LogP contribution >= 0.6 is 0 Å². The Morgan fingerprint density at radius 1 is 1.00 bits per heavy atom. The highest BCUT2D eigenvalue weighted by molar-refractivity contribution is 6.00. The van der Waals surface area contributed by atoms with Gasteiger partial charge in [0.15, 0.2) is 5.78 Å². The quantitative estimate of drug-likeness (QED) is 0.661. The van der Waals surface area contributed by atoms with Crippen molar-refractivity contribution in [3.8, 4) is 12.3 Å². The van der Waals surface area contributed by atoms with Gasteiger partial charge in [-0.25, -0.2) is 0 Å². The Bertz CT molecular complexity index is 845. The molecule has 0 aromatic heterocycles. The molecule has 1 aliphatic carbocycles. The summed E-state index contributed by atoms with van der Waals surface area (Å²) in [5, 5.41) is 2.79. The Balaban J connectivity index is 1.56. The molecule has 0 heterocycles. The average Bonchev–Trinajstić information content (AvgIpc) is 2.65. The standard InChI is InChI=1S/C22H21NO2/c1-2-16-6-5-9-20(14-16)23-22(25)13-12-21(24)19-11-10-17-7-3-4-8-18(17)15-19/h1,5-6,9-11,14-15H,3-4,7-8,12-13H2,(H,23,25). The summed E-state index contributed by atoms with van der Waals surface area (Å²) in [5.74, 6) is 2.37. The number of benzene rings is 2. The van der Waals surface area contributed by atoms with Crippen molar-refractivity contribution in [2.24, 2.45) is 0 Å². The fraction of sp³-hybridized carbons (Fsp3) is 0.273. The Labute approximate surface area is 148 Å². The molecule has 1 N–H and O–H groups in total. The number of aryl methyl sites for hydroxylation is 2. The third-order valence-electron chi connectivity index (χ3n) is 4.56. The van der Waals surface area contributed by atoms with E-state index in [-0.39, 0.29) is 24.5 Å². The van der Waals surface area contributed by atoms with Crippen molar-refractivity contribution < 1.29 is 9.59 Å². The fourth-order valence-corrected chi connectivity index (χ4v) is 3.19. The number of nitrogens with one attached hydrogen (secondary N) is 1. The van der Waals surface area contributed by atoms with Gasteiger partial charge >= 0.3 is 0 Å². The van der Waals surface area contributed by atoms with E-state index in [0.717, 1.165) is 12.8 Å². The monoisotopic (exact) mass is 331 g/mol. The first-order chi connectivity index (χ1) is 12.2. The van der Waals surface area contributed by atoms with E-state index in [0.29, 0.717) is 16.8 Å². The second-order valence-electron chi connectivity index (χ2n) is 6.39. The molecule has 126 valence electrons. The summed E-state index contributed by atoms with van der Waals surface area (Å²) in [6, 6.07) is 13.1. The number of terminal acetylenes is 1. The van der Waals surface area contributed by atoms with Gasteiger partial charge in [-0.1, -0.05) is 24.1 Å². The van der Waals surface area contributed by atoms with E-state index < -0.39 is 0 Å². The lowest BCUT2D eigenvalue weighted by Gasteiger charge is -2.16. The smallest absolute Gasteiger partial charge is 0.224 e. The number of carbonyl (C=O) groups excluding carboxylic acids is 2. The van der Waals surface area contributed by atoms with Gasteiger partial charge in [-0.3, -0.25) is 9.59 Å². The predicted molar refractivity (Wildman–Crippen MR) is 99.7 cm³/mol. The maximum atomic E-state index is 12.4. The molecule has 25 heavy (non-hydrogen) atoms. The fourth-order valence-electron chi connectivity index (χ4n) is 3.19. The molecule has 1 aliphatic rings. The van der Waals surface area contributed by atoms with Gasteiger partial charge in [0, 0.05) is 29.7 Å². The molecule has 0 spiro atoms. The largest absolute Gasteiger partial charge is 0.326 e. The number of Topliss-reactive ketones (excluding diaryl/α,β-unsaturated/α-hetero) is 1. The number of hydrogen-bond acceptors (Lipinski definition) is 2. The van der Waals surface area contributed by atoms with Gasteiger partial charge in [0.05, 0.1) is 0 Å². The molecule has 0 fully saturated rings. The normalized spacial score (nSPS) is 12.8. The second kappa shape index (κ2) is 7.81. The van der Waals surface area contributed by atoms with Crippen molar-refractivity contribution >= 4 is 17.4 Å². The van der Waals surface area contributed by atoms with Crippen molar-refractivity contribution in [1.29, 1.82) is 0 Å². The minimum Gasteiger partial charge on any atom is -0.326 e. The molecule has 0 aliphatic heterocycles. The number of hydrogen-bond donors (Lipinski definition) is 1. The topological polar surface area (TPSA) is 46.2 Å². The number of anilines is 1. The molecule has 3 nitrogen and oxygen atoms in total. The second-order valence-corrected chi connectivity index (χ2v) is 6.39. The van der Waals surface area contributed by atoms with Crippen LogP contribution in [0.1, 0.15) is 52.7 Å². The maximum absolute atomic E-state index is 12.4. The number of rotatable bonds is 5. The molecule has 0 atom stereocenters. The molecule has 0 saturated carbocycles. The van der Waals surface area contributed by atoms with E-state index in [1.54, 1.807) is 24.3 Å². The van der Waals surface area contributed by atoms with Crippen LogP contribution in [-0.2, 0) is 17.6 Å². The third kappa shape index (κ3) is 4.36. The summed E-state index contributed by atoms with van der Waals surface area (Å²) in [7, 11) is 0. The van der Waals surface area contributed by atoms with Crippen LogP contribution in [0.25, 0.3) is 0 Å². The molecule has 0 bridgehead atoms. The summed E-state index contributed by atoms with van der Waals surface area (Å²) >= 11 is 0. The van der Waals surface area contributed by atoms with Crippen molar-refractivity contribution in [3.05, 3.63) is 64.7 Å². The van der Waals surface area contributed by atoms with Gasteiger partial charge in [-0.05, 0) is 61.1 Å². The lowest BCUT2D eigenvalue weighted by Crippen LogP contribution is -2.14. The van der Waals surface area contributed by atoms with Gasteiger partial charge in [0.2, 0.25) is 5.91 Å². The zero-order valence-electron chi connectivity index (χ0n) is 14.2. The number of fused-ring (bicyclic) bond motifs is 1. The number of carbonyl (C=O) groups is 2. The maximum Gasteiger partial charge on any atom is 0.224 e. The van der Waals surface area contributed by atoms with Crippen LogP contribution in [0.4, 0.5) is 5.69 Å². The highest BCUT2D eigenvalue weighted by atomic mass is 16.2. The molecule has 0 saturated heterocycles. The van der Waals surface area contributed by atoms with Crippen LogP contribution in [0.3, 0.4) is 0 Å². The van der Waals surface area contributed by atoms with Crippen LogP contribution in [-0.4, -0.2) is 11.7 Å². The Hall–Kier alpha value is -2.86. The zero-order chi connectivity index (χ0) is 17.6. The van der Waals surface area contributed by atoms with Crippen LogP contribution in [0.5, 0.6) is 0 Å². The Kier molecular flexibility index (Phi) is 5.30. The SMILES string of the molecule is C#Cc1cccc(NC(=O)CCC(=O)c2ccc3c(c2)CCCC3)c1. The van der Waals surface area contributed by atoms with Crippen molar-refractivity contribution in [2.75, 3.05) is 5.32 Å². The highest BCUT2D eigenvalue weighted by Gasteiger charge is 2.14. The van der Waals surface area contributed by atoms with Crippen LogP contribution in [0.15, 0.2) is 42.5 Å². The molecule has 2 aromatic carbocycles. The zero-order valence-corrected chi connectivity index (χ0v) is 14.2. The molecular weight excluding hydrogens is 310 g/mol. The first-order valence-electron chi connectivity index (χ1n) is 8.67. The van der Waals surface area contributed by atoms with Gasteiger partial charge in [0.25, 0.3) is 0 Å². The molecule has 3 heteroatoms. The van der Waals surface area contributed by atoms with Crippen molar-refractivity contribution in [3.63, 3.8) is 0 Å². The van der Waals surface area contributed by atoms with Crippen LogP contribution in [0, 0.1) is 12.3 Å². The molecule has 2 aromatic rings. The minimum atomic E-state index is -0.180. The minimum absolute atomic E-state index is 0.0147. The third-order valence-corrected chi connectivity index (χ3v) is 4.56. The lowest BCUT2D eigenvalue weighted by atomic mass is 9.89. The summed E-state index contributed by atoms with van der Waals surface area (Å²) in [6.07, 6.45) is 10.3. The van der Waals surface area contributed by atoms with Crippen molar-refractivity contribution in [2.45, 2.75) is 38.5 Å². The molecule has 0 radical (unpaired) electrons. The summed E-state index contributed by atoms with van der Waals surface area (Å²) in [6.45, 7) is 0. The number of amides is 1. The predicted octanol–water partition coefficient (Wildman–Crippen LogP) is 4.15. The molecule has 1 amide bonds. The lowest BCUT2D eigenvalue weighted by molar-refractivity contribution is -0.116. The first kappa shape index (κ1) is 17.0. The van der Waals surface area contributed by atoms with E-state index in [9.17, 15) is 9.59 Å². The van der Waals surface area contributed by atoms with Gasteiger partial charge < -0.3 is 5.32 Å². The van der Waals surface area contributed by atoms with E-state index in [2.05, 4.69) is 17.3 Å². The van der Waals surface area contributed by atoms with E-state index in [4.69, 9.17) is 6.42 Å². The average molecular weight is 331 g/mol. The Morgan fingerprint density at radius 3 is 2.60 bits per heavy atom. The molecular formula is C22H21NO2. The van der Waals surface area contributed by atoms with Gasteiger partial charge in [-0.2, -0.15) is 0 Å². The summed E-state index contributed by atoms with van der Waals surface area (Å²) in [5.41, 5.74) is 4.72. The van der Waals surface area contributed by atoms with Gasteiger partial charge in [-0.15, -0.1) is 6.42 Å². The van der Waals surface area contributed by atoms with E-state index in [1.165, 1.54) is 24.0 Å². The highest BCUT2D eigenvalue weighted by Crippen LogP contribution is 2.23. The number of ketones is 1. The van der Waals surface area contributed by atoms with Crippen molar-refractivity contribution in [1.82, 2.24) is 0 Å². The molecule has 3 rings (SSSR count). The van der Waals surface area contributed by atoms with Gasteiger partial charge in [0.1, 0.15) is 0 Å². The van der Waals surface area contributed by atoms with Crippen LogP contribution in [0.2, 0.25) is 0 Å². The Morgan fingerprint density at radius 2 is 1.80 bits per heavy atom. The summed E-state index contributed by atoms with van der Waals surface area (Å²) < 4.78 is 0. The van der Waals surface area contributed by atoms with Crippen LogP contribution < -0.4 is 5.32 Å². The van der Waals surface area contributed by atoms with E-state index in [1.807, 2.05) is 12.1 Å². The summed E-state index contributed by atoms with van der Waals surface area (Å²) in [4.78, 5) is 24.4. The van der Waals surface area contributed by atoms with E-state index >= 15 is 0 Å². The molecule has 0 unspecified atom stereocenters.